The first-order chi connectivity index (χ1) is 11.5. The first kappa shape index (κ1) is 16.4. The lowest BCUT2D eigenvalue weighted by atomic mass is 10.0. The van der Waals surface area contributed by atoms with Crippen LogP contribution in [0.15, 0.2) is 30.3 Å². The number of amides is 1. The van der Waals surface area contributed by atoms with Crippen LogP contribution in [-0.2, 0) is 0 Å². The third-order valence-corrected chi connectivity index (χ3v) is 4.02. The maximum Gasteiger partial charge on any atom is 0.291 e. The van der Waals surface area contributed by atoms with Crippen LogP contribution in [0.4, 0.5) is 0 Å². The second-order valence-electron chi connectivity index (χ2n) is 5.68. The third kappa shape index (κ3) is 3.23. The predicted octanol–water partition coefficient (Wildman–Crippen LogP) is 3.28. The monoisotopic (exact) mass is 343 g/mol. The van der Waals surface area contributed by atoms with E-state index in [0.29, 0.717) is 10.8 Å². The molecule has 124 valence electrons. The molecule has 0 bridgehead atoms. The molecule has 0 saturated carbocycles. The van der Waals surface area contributed by atoms with Crippen LogP contribution in [0.2, 0.25) is 5.02 Å². The molecule has 24 heavy (non-hydrogen) atoms. The van der Waals surface area contributed by atoms with Crippen LogP contribution in [0.1, 0.15) is 47.0 Å². The molecular weight excluding hydrogens is 326 g/mol. The zero-order valence-electron chi connectivity index (χ0n) is 13.7. The van der Waals surface area contributed by atoms with Gasteiger partial charge < -0.3 is 5.32 Å². The molecule has 0 aliphatic heterocycles. The van der Waals surface area contributed by atoms with E-state index in [1.165, 1.54) is 0 Å². The van der Waals surface area contributed by atoms with Crippen LogP contribution in [-0.4, -0.2) is 25.5 Å². The van der Waals surface area contributed by atoms with Gasteiger partial charge in [-0.25, -0.2) is 9.50 Å². The molecule has 6 nitrogen and oxygen atoms in total. The van der Waals surface area contributed by atoms with Gasteiger partial charge in [0.25, 0.3) is 11.7 Å². The zero-order valence-corrected chi connectivity index (χ0v) is 14.5. The van der Waals surface area contributed by atoms with E-state index in [9.17, 15) is 4.79 Å². The first-order valence-electron chi connectivity index (χ1n) is 7.75. The highest BCUT2D eigenvalue weighted by Gasteiger charge is 2.19. The Bertz CT molecular complexity index is 905. The number of hydrogen-bond acceptors (Lipinski definition) is 4. The van der Waals surface area contributed by atoms with E-state index in [1.807, 2.05) is 45.0 Å². The SMILES string of the molecule is CCC(NC(=O)c1nc2nc(C)cc(C)n2n1)c1cccc(Cl)c1. The van der Waals surface area contributed by atoms with Crippen molar-refractivity contribution >= 4 is 23.3 Å². The summed E-state index contributed by atoms with van der Waals surface area (Å²) in [7, 11) is 0. The van der Waals surface area contributed by atoms with Crippen LogP contribution < -0.4 is 5.32 Å². The number of carbonyl (C=O) groups excluding carboxylic acids is 1. The highest BCUT2D eigenvalue weighted by molar-refractivity contribution is 6.30. The van der Waals surface area contributed by atoms with Gasteiger partial charge in [0.15, 0.2) is 0 Å². The summed E-state index contributed by atoms with van der Waals surface area (Å²) in [5.74, 6) is 0.203. The zero-order chi connectivity index (χ0) is 17.3. The number of benzene rings is 1. The van der Waals surface area contributed by atoms with Crippen molar-refractivity contribution in [1.82, 2.24) is 24.9 Å². The Morgan fingerprint density at radius 1 is 1.29 bits per heavy atom. The Kier molecular flexibility index (Phi) is 4.49. The molecule has 2 heterocycles. The Labute approximate surface area is 144 Å². The Morgan fingerprint density at radius 3 is 2.79 bits per heavy atom. The number of fused-ring (bicyclic) bond motifs is 1. The van der Waals surface area contributed by atoms with Crippen LogP contribution in [0.3, 0.4) is 0 Å². The van der Waals surface area contributed by atoms with Gasteiger partial charge in [-0.1, -0.05) is 30.7 Å². The van der Waals surface area contributed by atoms with Crippen molar-refractivity contribution in [2.45, 2.75) is 33.2 Å². The number of halogens is 1. The molecule has 1 N–H and O–H groups in total. The Hall–Kier alpha value is -2.47. The van der Waals surface area contributed by atoms with Crippen LogP contribution in [0.25, 0.3) is 5.78 Å². The van der Waals surface area contributed by atoms with Gasteiger partial charge in [-0.05, 0) is 44.0 Å². The minimum absolute atomic E-state index is 0.108. The molecule has 3 aromatic rings. The van der Waals surface area contributed by atoms with E-state index in [-0.39, 0.29) is 17.8 Å². The maximum absolute atomic E-state index is 12.5. The minimum Gasteiger partial charge on any atom is -0.342 e. The number of rotatable bonds is 4. The van der Waals surface area contributed by atoms with Crippen molar-refractivity contribution in [3.63, 3.8) is 0 Å². The lowest BCUT2D eigenvalue weighted by molar-refractivity contribution is 0.0925. The molecular formula is C17H18ClN5O. The Morgan fingerprint density at radius 2 is 2.08 bits per heavy atom. The van der Waals surface area contributed by atoms with Gasteiger partial charge in [0.1, 0.15) is 0 Å². The fraction of sp³-hybridized carbons (Fsp3) is 0.294. The average Bonchev–Trinajstić information content (AvgIpc) is 2.96. The van der Waals surface area contributed by atoms with Gasteiger partial charge in [-0.15, -0.1) is 5.10 Å². The van der Waals surface area contributed by atoms with Crippen LogP contribution >= 0.6 is 11.6 Å². The molecule has 3 rings (SSSR count). The van der Waals surface area contributed by atoms with Crippen molar-refractivity contribution < 1.29 is 4.79 Å². The summed E-state index contributed by atoms with van der Waals surface area (Å²) in [6.45, 7) is 5.78. The number of aryl methyl sites for hydroxylation is 2. The van der Waals surface area contributed by atoms with Crippen LogP contribution in [0, 0.1) is 13.8 Å². The topological polar surface area (TPSA) is 72.2 Å². The molecule has 2 aromatic heterocycles. The molecule has 0 radical (unpaired) electrons. The second kappa shape index (κ2) is 6.57. The third-order valence-electron chi connectivity index (χ3n) is 3.79. The molecule has 0 aliphatic carbocycles. The summed E-state index contributed by atoms with van der Waals surface area (Å²) < 4.78 is 1.57. The van der Waals surface area contributed by atoms with Crippen LogP contribution in [0.5, 0.6) is 0 Å². The fourth-order valence-corrected chi connectivity index (χ4v) is 2.83. The lowest BCUT2D eigenvalue weighted by Gasteiger charge is -2.16. The molecule has 0 saturated heterocycles. The highest BCUT2D eigenvalue weighted by atomic mass is 35.5. The fourth-order valence-electron chi connectivity index (χ4n) is 2.63. The molecule has 1 aromatic carbocycles. The van der Waals surface area contributed by atoms with Gasteiger partial charge in [-0.2, -0.15) is 4.98 Å². The van der Waals surface area contributed by atoms with E-state index in [1.54, 1.807) is 10.6 Å². The van der Waals surface area contributed by atoms with Gasteiger partial charge >= 0.3 is 0 Å². The van der Waals surface area contributed by atoms with Crippen molar-refractivity contribution in [3.05, 3.63) is 58.1 Å². The molecule has 1 amide bonds. The molecule has 0 spiro atoms. The number of carbonyl (C=O) groups is 1. The van der Waals surface area contributed by atoms with Crippen molar-refractivity contribution in [2.24, 2.45) is 0 Å². The normalized spacial score (nSPS) is 12.3. The summed E-state index contributed by atoms with van der Waals surface area (Å²) in [5.41, 5.74) is 2.67. The van der Waals surface area contributed by atoms with E-state index >= 15 is 0 Å². The molecule has 0 fully saturated rings. The average molecular weight is 344 g/mol. The predicted molar refractivity (Wildman–Crippen MR) is 92.2 cm³/mol. The highest BCUT2D eigenvalue weighted by Crippen LogP contribution is 2.20. The van der Waals surface area contributed by atoms with Gasteiger partial charge in [0, 0.05) is 16.4 Å². The first-order valence-corrected chi connectivity index (χ1v) is 8.13. The number of aromatic nitrogens is 4. The molecule has 1 atom stereocenters. The van der Waals surface area contributed by atoms with E-state index < -0.39 is 0 Å². The number of hydrogen-bond donors (Lipinski definition) is 1. The summed E-state index contributed by atoms with van der Waals surface area (Å²) in [6.07, 6.45) is 0.732. The minimum atomic E-state index is -0.329. The largest absolute Gasteiger partial charge is 0.342 e. The standard InChI is InChI=1S/C17H18ClN5O/c1-4-14(12-6-5-7-13(18)9-12)20-16(24)15-21-17-19-10(2)8-11(3)23(17)22-15/h5-9,14H,4H2,1-3H3,(H,20,24). The van der Waals surface area contributed by atoms with E-state index in [0.717, 1.165) is 23.4 Å². The van der Waals surface area contributed by atoms with E-state index in [2.05, 4.69) is 20.4 Å². The summed E-state index contributed by atoms with van der Waals surface area (Å²) in [4.78, 5) is 21.1. The second-order valence-corrected chi connectivity index (χ2v) is 6.11. The Balaban J connectivity index is 1.87. The summed E-state index contributed by atoms with van der Waals surface area (Å²) in [6, 6.07) is 9.20. The van der Waals surface area contributed by atoms with Gasteiger partial charge in [0.05, 0.1) is 6.04 Å². The van der Waals surface area contributed by atoms with Crippen molar-refractivity contribution in [1.29, 1.82) is 0 Å². The number of nitrogens with one attached hydrogen (secondary N) is 1. The quantitative estimate of drug-likeness (QED) is 0.789. The molecule has 0 aliphatic rings. The molecule has 1 unspecified atom stereocenters. The number of nitrogens with zero attached hydrogens (tertiary/aromatic N) is 4. The lowest BCUT2D eigenvalue weighted by Crippen LogP contribution is -2.29. The van der Waals surface area contributed by atoms with Crippen molar-refractivity contribution in [3.8, 4) is 0 Å². The summed E-state index contributed by atoms with van der Waals surface area (Å²) >= 11 is 6.04. The van der Waals surface area contributed by atoms with Crippen molar-refractivity contribution in [2.75, 3.05) is 0 Å². The smallest absolute Gasteiger partial charge is 0.291 e. The van der Waals surface area contributed by atoms with Gasteiger partial charge in [0.2, 0.25) is 5.82 Å². The molecule has 7 heteroatoms. The van der Waals surface area contributed by atoms with Gasteiger partial charge in [-0.3, -0.25) is 4.79 Å². The maximum atomic E-state index is 12.5. The summed E-state index contributed by atoms with van der Waals surface area (Å²) in [5, 5.41) is 7.85. The van der Waals surface area contributed by atoms with E-state index in [4.69, 9.17) is 11.6 Å².